The molecule has 0 radical (unpaired) electrons. The van der Waals surface area contributed by atoms with Crippen molar-refractivity contribution in [1.29, 1.82) is 0 Å². The maximum Gasteiger partial charge on any atom is 0.334 e. The average Bonchev–Trinajstić information content (AvgIpc) is 2.87. The number of carboxylic acids is 1. The van der Waals surface area contributed by atoms with Crippen molar-refractivity contribution < 1.29 is 24.2 Å². The molecule has 2 aliphatic rings. The molecule has 0 spiro atoms. The molecule has 1 heterocycles. The summed E-state index contributed by atoms with van der Waals surface area (Å²) in [7, 11) is 0. The summed E-state index contributed by atoms with van der Waals surface area (Å²) in [5.41, 5.74) is -0.741. The number of ether oxygens (including phenoxy) is 2. The molecule has 1 saturated carbocycles. The Labute approximate surface area is 119 Å². The van der Waals surface area contributed by atoms with E-state index in [2.05, 4.69) is 0 Å². The predicted molar refractivity (Wildman–Crippen MR) is 71.4 cm³/mol. The highest BCUT2D eigenvalue weighted by Gasteiger charge is 2.46. The smallest absolute Gasteiger partial charge is 0.334 e. The molecule has 2 atom stereocenters. The summed E-state index contributed by atoms with van der Waals surface area (Å²) in [6.07, 6.45) is 2.20. The monoisotopic (exact) mass is 285 g/mol. The average molecular weight is 285 g/mol. The van der Waals surface area contributed by atoms with Gasteiger partial charge in [-0.2, -0.15) is 0 Å². The fourth-order valence-electron chi connectivity index (χ4n) is 3.18. The number of hydrogen-bond acceptors (Lipinski definition) is 4. The van der Waals surface area contributed by atoms with Crippen molar-refractivity contribution in [2.75, 3.05) is 19.7 Å². The van der Waals surface area contributed by atoms with Gasteiger partial charge in [-0.15, -0.1) is 0 Å². The molecule has 0 aromatic heterocycles. The van der Waals surface area contributed by atoms with Crippen molar-refractivity contribution in [3.63, 3.8) is 0 Å². The van der Waals surface area contributed by atoms with E-state index >= 15 is 0 Å². The van der Waals surface area contributed by atoms with E-state index in [0.29, 0.717) is 13.2 Å². The fraction of sp³-hybridized carbons (Fsp3) is 0.857. The van der Waals surface area contributed by atoms with Gasteiger partial charge in [0.2, 0.25) is 0 Å². The second-order valence-corrected chi connectivity index (χ2v) is 5.62. The van der Waals surface area contributed by atoms with Gasteiger partial charge in [-0.25, -0.2) is 4.79 Å². The van der Waals surface area contributed by atoms with Gasteiger partial charge < -0.3 is 19.5 Å². The molecule has 20 heavy (non-hydrogen) atoms. The summed E-state index contributed by atoms with van der Waals surface area (Å²) >= 11 is 0. The Kier molecular flexibility index (Phi) is 4.65. The third kappa shape index (κ3) is 2.96. The number of aliphatic carboxylic acids is 1. The van der Waals surface area contributed by atoms with Crippen LogP contribution in [0.2, 0.25) is 0 Å². The zero-order valence-corrected chi connectivity index (χ0v) is 12.1. The maximum atomic E-state index is 12.8. The first-order valence-electron chi connectivity index (χ1n) is 7.30. The number of carbonyl (C=O) groups is 2. The Morgan fingerprint density at radius 2 is 2.00 bits per heavy atom. The quantitative estimate of drug-likeness (QED) is 0.835. The maximum absolute atomic E-state index is 12.8. The van der Waals surface area contributed by atoms with Crippen LogP contribution in [0.1, 0.15) is 39.5 Å². The molecule has 1 amide bonds. The van der Waals surface area contributed by atoms with Gasteiger partial charge in [0.1, 0.15) is 5.60 Å². The summed E-state index contributed by atoms with van der Waals surface area (Å²) in [6, 6.07) is 0. The molecule has 1 N–H and O–H groups in total. The molecular weight excluding hydrogens is 262 g/mol. The molecular formula is C14H23NO5. The second kappa shape index (κ2) is 6.10. The molecule has 0 aromatic rings. The van der Waals surface area contributed by atoms with Gasteiger partial charge in [-0.3, -0.25) is 4.79 Å². The highest BCUT2D eigenvalue weighted by molar-refractivity contribution is 5.86. The van der Waals surface area contributed by atoms with Crippen LogP contribution < -0.4 is 0 Å². The first-order chi connectivity index (χ1) is 9.48. The number of carboxylic acid groups (broad SMARTS) is 1. The van der Waals surface area contributed by atoms with E-state index in [9.17, 15) is 9.59 Å². The number of hydrogen-bond donors (Lipinski definition) is 1. The van der Waals surface area contributed by atoms with E-state index in [1.807, 2.05) is 6.92 Å². The highest BCUT2D eigenvalue weighted by Crippen LogP contribution is 2.35. The lowest BCUT2D eigenvalue weighted by Gasteiger charge is -2.40. The SMILES string of the molecule is CCOC1(C(=O)N2CC(C(=O)O)O[C@H](C)C2)CCCC1. The van der Waals surface area contributed by atoms with E-state index in [4.69, 9.17) is 14.6 Å². The lowest BCUT2D eigenvalue weighted by molar-refractivity contribution is -0.177. The number of carbonyl (C=O) groups excluding carboxylic acids is 1. The molecule has 6 nitrogen and oxygen atoms in total. The number of morpholine rings is 1. The Morgan fingerprint density at radius 1 is 1.35 bits per heavy atom. The zero-order chi connectivity index (χ0) is 14.8. The topological polar surface area (TPSA) is 76.1 Å². The van der Waals surface area contributed by atoms with Crippen LogP contribution in [-0.2, 0) is 19.1 Å². The molecule has 114 valence electrons. The molecule has 0 aromatic carbocycles. The molecule has 1 saturated heterocycles. The van der Waals surface area contributed by atoms with Gasteiger partial charge in [0.25, 0.3) is 5.91 Å². The first kappa shape index (κ1) is 15.3. The summed E-state index contributed by atoms with van der Waals surface area (Å²) in [6.45, 7) is 4.70. The van der Waals surface area contributed by atoms with Gasteiger partial charge in [0.15, 0.2) is 6.10 Å². The molecule has 1 aliphatic carbocycles. The van der Waals surface area contributed by atoms with Crippen LogP contribution in [-0.4, -0.2) is 59.4 Å². The number of nitrogens with zero attached hydrogens (tertiary/aromatic N) is 1. The Morgan fingerprint density at radius 3 is 2.55 bits per heavy atom. The summed E-state index contributed by atoms with van der Waals surface area (Å²) in [5, 5.41) is 9.09. The van der Waals surface area contributed by atoms with Crippen molar-refractivity contribution in [1.82, 2.24) is 4.90 Å². The van der Waals surface area contributed by atoms with Gasteiger partial charge in [-0.1, -0.05) is 0 Å². The lowest BCUT2D eigenvalue weighted by atomic mass is 9.99. The minimum Gasteiger partial charge on any atom is -0.479 e. The molecule has 1 aliphatic heterocycles. The van der Waals surface area contributed by atoms with Crippen LogP contribution in [0.3, 0.4) is 0 Å². The second-order valence-electron chi connectivity index (χ2n) is 5.62. The van der Waals surface area contributed by atoms with E-state index in [-0.39, 0.29) is 18.6 Å². The molecule has 2 fully saturated rings. The molecule has 2 rings (SSSR count). The largest absolute Gasteiger partial charge is 0.479 e. The van der Waals surface area contributed by atoms with E-state index < -0.39 is 17.7 Å². The lowest BCUT2D eigenvalue weighted by Crippen LogP contribution is -2.57. The number of rotatable bonds is 4. The van der Waals surface area contributed by atoms with Gasteiger partial charge in [0.05, 0.1) is 12.6 Å². The third-order valence-corrected chi connectivity index (χ3v) is 4.04. The normalized spacial score (nSPS) is 29.4. The van der Waals surface area contributed by atoms with Crippen molar-refractivity contribution in [2.45, 2.75) is 57.3 Å². The molecule has 1 unspecified atom stereocenters. The van der Waals surface area contributed by atoms with Crippen LogP contribution in [0.4, 0.5) is 0 Å². The molecule has 0 bridgehead atoms. The van der Waals surface area contributed by atoms with Crippen LogP contribution >= 0.6 is 0 Å². The summed E-state index contributed by atoms with van der Waals surface area (Å²) in [5.74, 6) is -1.09. The van der Waals surface area contributed by atoms with E-state index in [0.717, 1.165) is 25.7 Å². The summed E-state index contributed by atoms with van der Waals surface area (Å²) < 4.78 is 11.1. The highest BCUT2D eigenvalue weighted by atomic mass is 16.5. The first-order valence-corrected chi connectivity index (χ1v) is 7.30. The predicted octanol–water partition coefficient (Wildman–Crippen LogP) is 1.04. The standard InChI is InChI=1S/C14H23NO5/c1-3-19-14(6-4-5-7-14)13(18)15-8-10(2)20-11(9-15)12(16)17/h10-11H,3-9H2,1-2H3,(H,16,17)/t10-,11?/m1/s1. The minimum atomic E-state index is -1.02. The Hall–Kier alpha value is -1.14. The van der Waals surface area contributed by atoms with Crippen LogP contribution in [0, 0.1) is 0 Å². The fourth-order valence-corrected chi connectivity index (χ4v) is 3.18. The molecule has 6 heteroatoms. The van der Waals surface area contributed by atoms with Crippen LogP contribution in [0.25, 0.3) is 0 Å². The minimum absolute atomic E-state index is 0.0711. The van der Waals surface area contributed by atoms with E-state index in [1.54, 1.807) is 11.8 Å². The van der Waals surface area contributed by atoms with Crippen LogP contribution in [0.5, 0.6) is 0 Å². The van der Waals surface area contributed by atoms with Gasteiger partial charge >= 0.3 is 5.97 Å². The van der Waals surface area contributed by atoms with Crippen molar-refractivity contribution >= 4 is 11.9 Å². The Balaban J connectivity index is 2.12. The van der Waals surface area contributed by atoms with Gasteiger partial charge in [0, 0.05) is 13.2 Å². The van der Waals surface area contributed by atoms with Crippen molar-refractivity contribution in [2.24, 2.45) is 0 Å². The Bertz CT molecular complexity index is 378. The summed E-state index contributed by atoms with van der Waals surface area (Å²) in [4.78, 5) is 25.5. The van der Waals surface area contributed by atoms with Crippen molar-refractivity contribution in [3.05, 3.63) is 0 Å². The van der Waals surface area contributed by atoms with Crippen molar-refractivity contribution in [3.8, 4) is 0 Å². The van der Waals surface area contributed by atoms with E-state index in [1.165, 1.54) is 0 Å². The third-order valence-electron chi connectivity index (χ3n) is 4.04. The van der Waals surface area contributed by atoms with Gasteiger partial charge in [-0.05, 0) is 39.5 Å². The zero-order valence-electron chi connectivity index (χ0n) is 12.1. The number of amides is 1. The van der Waals surface area contributed by atoms with Crippen LogP contribution in [0.15, 0.2) is 0 Å².